The summed E-state index contributed by atoms with van der Waals surface area (Å²) in [6.45, 7) is 0. The second-order valence-electron chi connectivity index (χ2n) is 5.85. The molecule has 0 bridgehead atoms. The summed E-state index contributed by atoms with van der Waals surface area (Å²) < 4.78 is 46.2. The van der Waals surface area contributed by atoms with Crippen LogP contribution in [0.25, 0.3) is 11.3 Å². The minimum absolute atomic E-state index is 0.00901. The number of aryl methyl sites for hydroxylation is 2. The zero-order valence-electron chi connectivity index (χ0n) is 13.8. The van der Waals surface area contributed by atoms with Gasteiger partial charge in [0.05, 0.1) is 17.7 Å². The predicted octanol–water partition coefficient (Wildman–Crippen LogP) is 3.86. The van der Waals surface area contributed by atoms with Crippen LogP contribution in [0.2, 0.25) is 0 Å². The van der Waals surface area contributed by atoms with Crippen molar-refractivity contribution in [2.45, 2.75) is 17.7 Å². The molecular formula is C18H15FN2O3S2. The molecule has 3 aromatic rings. The predicted molar refractivity (Wildman–Crippen MR) is 98.7 cm³/mol. The van der Waals surface area contributed by atoms with Crippen molar-refractivity contribution in [3.8, 4) is 17.0 Å². The van der Waals surface area contributed by atoms with Gasteiger partial charge in [-0.3, -0.25) is 4.72 Å². The Kier molecular flexibility index (Phi) is 4.16. The molecule has 0 unspecified atom stereocenters. The van der Waals surface area contributed by atoms with Crippen LogP contribution in [-0.4, -0.2) is 20.5 Å². The van der Waals surface area contributed by atoms with Gasteiger partial charge in [0.25, 0.3) is 10.0 Å². The SMILES string of the molecule is COc1ccc(S(=O)(=O)Nc2nc3c(s2)CCc2ccccc2-3)cc1F. The molecular weight excluding hydrogens is 375 g/mol. The van der Waals surface area contributed by atoms with Crippen LogP contribution in [0.5, 0.6) is 5.75 Å². The minimum Gasteiger partial charge on any atom is -0.494 e. The van der Waals surface area contributed by atoms with Gasteiger partial charge in [-0.2, -0.15) is 0 Å². The van der Waals surface area contributed by atoms with E-state index in [1.165, 1.54) is 36.1 Å². The number of ether oxygens (including phenoxy) is 1. The zero-order chi connectivity index (χ0) is 18.3. The molecule has 0 amide bonds. The van der Waals surface area contributed by atoms with E-state index in [1.807, 2.05) is 18.2 Å². The van der Waals surface area contributed by atoms with Crippen LogP contribution >= 0.6 is 11.3 Å². The normalized spacial score (nSPS) is 13.0. The van der Waals surface area contributed by atoms with Crippen molar-refractivity contribution in [3.63, 3.8) is 0 Å². The van der Waals surface area contributed by atoms with Crippen molar-refractivity contribution >= 4 is 26.5 Å². The van der Waals surface area contributed by atoms with Crippen molar-refractivity contribution in [1.29, 1.82) is 0 Å². The molecule has 0 spiro atoms. The number of hydrogen-bond donors (Lipinski definition) is 1. The number of anilines is 1. The van der Waals surface area contributed by atoms with Gasteiger partial charge in [0.15, 0.2) is 16.7 Å². The summed E-state index contributed by atoms with van der Waals surface area (Å²) in [4.78, 5) is 5.34. The quantitative estimate of drug-likeness (QED) is 0.735. The molecule has 8 heteroatoms. The summed E-state index contributed by atoms with van der Waals surface area (Å²) in [5, 5.41) is 0.280. The van der Waals surface area contributed by atoms with Gasteiger partial charge in [-0.1, -0.05) is 24.3 Å². The number of benzene rings is 2. The van der Waals surface area contributed by atoms with Gasteiger partial charge in [-0.25, -0.2) is 17.8 Å². The second-order valence-corrected chi connectivity index (χ2v) is 8.62. The van der Waals surface area contributed by atoms with E-state index in [4.69, 9.17) is 4.74 Å². The Hall–Kier alpha value is -2.45. The summed E-state index contributed by atoms with van der Waals surface area (Å²) in [5.41, 5.74) is 3.05. The Morgan fingerprint density at radius 2 is 2.00 bits per heavy atom. The molecule has 0 radical (unpaired) electrons. The maximum atomic E-state index is 13.8. The smallest absolute Gasteiger partial charge is 0.263 e. The lowest BCUT2D eigenvalue weighted by Crippen LogP contribution is -2.13. The van der Waals surface area contributed by atoms with Gasteiger partial charge in [0, 0.05) is 10.4 Å². The molecule has 1 aliphatic carbocycles. The fourth-order valence-electron chi connectivity index (χ4n) is 2.98. The standard InChI is InChI=1S/C18H15FN2O3S2/c1-24-15-8-7-12(10-14(15)19)26(22,23)21-18-20-17-13-5-3-2-4-11(13)6-9-16(17)25-18/h2-5,7-8,10H,6,9H2,1H3,(H,20,21). The summed E-state index contributed by atoms with van der Waals surface area (Å²) in [6.07, 6.45) is 1.73. The number of nitrogens with one attached hydrogen (secondary N) is 1. The number of thiazole rings is 1. The van der Waals surface area contributed by atoms with Crippen molar-refractivity contribution in [2.75, 3.05) is 11.8 Å². The highest BCUT2D eigenvalue weighted by Gasteiger charge is 2.23. The summed E-state index contributed by atoms with van der Waals surface area (Å²) in [7, 11) is -2.61. The number of aromatic nitrogens is 1. The number of rotatable bonds is 4. The molecule has 134 valence electrons. The average Bonchev–Trinajstić information content (AvgIpc) is 3.03. The van der Waals surface area contributed by atoms with Gasteiger partial charge < -0.3 is 4.74 Å². The van der Waals surface area contributed by atoms with E-state index in [2.05, 4.69) is 15.8 Å². The maximum Gasteiger partial charge on any atom is 0.263 e. The van der Waals surface area contributed by atoms with Crippen LogP contribution in [0.15, 0.2) is 47.4 Å². The molecule has 1 N–H and O–H groups in total. The Balaban J connectivity index is 1.66. The molecule has 5 nitrogen and oxygen atoms in total. The molecule has 1 aliphatic rings. The van der Waals surface area contributed by atoms with Crippen LogP contribution in [0.1, 0.15) is 10.4 Å². The van der Waals surface area contributed by atoms with Gasteiger partial charge in [0.2, 0.25) is 0 Å². The molecule has 0 aliphatic heterocycles. The first-order valence-electron chi connectivity index (χ1n) is 7.92. The first-order valence-corrected chi connectivity index (χ1v) is 10.2. The van der Waals surface area contributed by atoms with Gasteiger partial charge in [-0.15, -0.1) is 11.3 Å². The fraction of sp³-hybridized carbons (Fsp3) is 0.167. The zero-order valence-corrected chi connectivity index (χ0v) is 15.5. The summed E-state index contributed by atoms with van der Waals surface area (Å²) >= 11 is 1.31. The fourth-order valence-corrected chi connectivity index (χ4v) is 5.20. The Bertz CT molecular complexity index is 1090. The third-order valence-electron chi connectivity index (χ3n) is 4.25. The van der Waals surface area contributed by atoms with E-state index >= 15 is 0 Å². The lowest BCUT2D eigenvalue weighted by Gasteiger charge is -2.13. The molecule has 4 rings (SSSR count). The number of hydrogen-bond acceptors (Lipinski definition) is 5. The van der Waals surface area contributed by atoms with E-state index in [0.717, 1.165) is 35.0 Å². The lowest BCUT2D eigenvalue weighted by molar-refractivity contribution is 0.385. The monoisotopic (exact) mass is 390 g/mol. The van der Waals surface area contributed by atoms with Crippen molar-refractivity contribution < 1.29 is 17.5 Å². The van der Waals surface area contributed by atoms with Crippen LogP contribution in [0, 0.1) is 5.82 Å². The summed E-state index contributed by atoms with van der Waals surface area (Å²) in [6, 6.07) is 11.5. The number of methoxy groups -OCH3 is 1. The third kappa shape index (κ3) is 2.95. The number of sulfonamides is 1. The molecule has 0 saturated carbocycles. The molecule has 1 heterocycles. The largest absolute Gasteiger partial charge is 0.494 e. The molecule has 2 aromatic carbocycles. The van der Waals surface area contributed by atoms with Crippen molar-refractivity contribution in [3.05, 3.63) is 58.7 Å². The van der Waals surface area contributed by atoms with Crippen LogP contribution in [0.3, 0.4) is 0 Å². The van der Waals surface area contributed by atoms with E-state index in [9.17, 15) is 12.8 Å². The number of nitrogens with zero attached hydrogens (tertiary/aromatic N) is 1. The molecule has 26 heavy (non-hydrogen) atoms. The highest BCUT2D eigenvalue weighted by molar-refractivity contribution is 7.93. The molecule has 0 fully saturated rings. The highest BCUT2D eigenvalue weighted by atomic mass is 32.2. The van der Waals surface area contributed by atoms with Gasteiger partial charge in [-0.05, 0) is 36.6 Å². The number of halogens is 1. The van der Waals surface area contributed by atoms with Crippen LogP contribution in [-0.2, 0) is 22.9 Å². The minimum atomic E-state index is -3.94. The molecule has 0 atom stereocenters. The first-order chi connectivity index (χ1) is 12.5. The lowest BCUT2D eigenvalue weighted by atomic mass is 9.94. The van der Waals surface area contributed by atoms with Crippen LogP contribution in [0.4, 0.5) is 9.52 Å². The second kappa shape index (κ2) is 6.37. The highest BCUT2D eigenvalue weighted by Crippen LogP contribution is 2.38. The van der Waals surface area contributed by atoms with E-state index in [1.54, 1.807) is 0 Å². The Morgan fingerprint density at radius 1 is 1.19 bits per heavy atom. The first kappa shape index (κ1) is 17.0. The van der Waals surface area contributed by atoms with E-state index in [-0.39, 0.29) is 15.8 Å². The third-order valence-corrected chi connectivity index (χ3v) is 6.74. The maximum absolute atomic E-state index is 13.8. The topological polar surface area (TPSA) is 68.3 Å². The Labute approximate surface area is 154 Å². The molecule has 0 saturated heterocycles. The van der Waals surface area contributed by atoms with Crippen molar-refractivity contribution in [1.82, 2.24) is 4.98 Å². The van der Waals surface area contributed by atoms with Gasteiger partial charge in [0.1, 0.15) is 0 Å². The average molecular weight is 390 g/mol. The van der Waals surface area contributed by atoms with E-state index < -0.39 is 15.8 Å². The van der Waals surface area contributed by atoms with E-state index in [0.29, 0.717) is 0 Å². The van der Waals surface area contributed by atoms with Crippen LogP contribution < -0.4 is 9.46 Å². The van der Waals surface area contributed by atoms with Gasteiger partial charge >= 0.3 is 0 Å². The van der Waals surface area contributed by atoms with Crippen molar-refractivity contribution in [2.24, 2.45) is 0 Å². The Morgan fingerprint density at radius 3 is 2.77 bits per heavy atom. The summed E-state index contributed by atoms with van der Waals surface area (Å²) in [5.74, 6) is -0.743. The molecule has 1 aromatic heterocycles. The number of fused-ring (bicyclic) bond motifs is 3.